The summed E-state index contributed by atoms with van der Waals surface area (Å²) in [5.74, 6) is 3.44. The predicted molar refractivity (Wildman–Crippen MR) is 157 cm³/mol. The Kier molecular flexibility index (Phi) is 8.53. The van der Waals surface area contributed by atoms with Gasteiger partial charge in [-0.1, -0.05) is 91.8 Å². The zero-order chi connectivity index (χ0) is 26.7. The van der Waals surface area contributed by atoms with E-state index in [1.165, 1.54) is 22.3 Å². The number of nitrogens with zero attached hydrogens (tertiary/aromatic N) is 1. The van der Waals surface area contributed by atoms with E-state index in [9.17, 15) is 0 Å². The molecule has 3 heteroatoms. The van der Waals surface area contributed by atoms with Gasteiger partial charge in [-0.15, -0.1) is 0 Å². The van der Waals surface area contributed by atoms with Gasteiger partial charge in [0.25, 0.3) is 0 Å². The number of rotatable bonds is 10. The van der Waals surface area contributed by atoms with Gasteiger partial charge >= 0.3 is 0 Å². The van der Waals surface area contributed by atoms with E-state index in [4.69, 9.17) is 9.47 Å². The lowest BCUT2D eigenvalue weighted by Crippen LogP contribution is -2.66. The molecule has 1 saturated heterocycles. The van der Waals surface area contributed by atoms with Crippen LogP contribution in [0.5, 0.6) is 11.5 Å². The summed E-state index contributed by atoms with van der Waals surface area (Å²) < 4.78 is 11.9. The highest BCUT2D eigenvalue weighted by molar-refractivity contribution is 5.85. The third kappa shape index (κ3) is 6.49. The molecule has 3 nitrogen and oxygen atoms in total. The minimum absolute atomic E-state index is 0.245. The summed E-state index contributed by atoms with van der Waals surface area (Å²) in [4.78, 5) is 2.76. The third-order valence-electron chi connectivity index (χ3n) is 7.28. The minimum atomic E-state index is 0.245. The van der Waals surface area contributed by atoms with Crippen LogP contribution in [-0.2, 0) is 0 Å². The van der Waals surface area contributed by atoms with Gasteiger partial charge in [0.15, 0.2) is 0 Å². The zero-order valence-electron chi connectivity index (χ0n) is 24.3. The van der Waals surface area contributed by atoms with Gasteiger partial charge in [-0.05, 0) is 70.2 Å². The molecule has 0 amide bonds. The van der Waals surface area contributed by atoms with E-state index in [0.29, 0.717) is 29.8 Å². The molecule has 1 aliphatic heterocycles. The first-order valence-corrected chi connectivity index (χ1v) is 14.2. The zero-order valence-corrected chi connectivity index (χ0v) is 24.3. The maximum absolute atomic E-state index is 5.96. The number of allylic oxidation sites excluding steroid dienone is 2. The Morgan fingerprint density at radius 3 is 1.62 bits per heavy atom. The lowest BCUT2D eigenvalue weighted by Gasteiger charge is -2.60. The van der Waals surface area contributed by atoms with Crippen molar-refractivity contribution in [2.24, 2.45) is 23.2 Å². The molecular weight excluding hydrogens is 454 g/mol. The number of benzene rings is 2. The van der Waals surface area contributed by atoms with Crippen LogP contribution >= 0.6 is 0 Å². The summed E-state index contributed by atoms with van der Waals surface area (Å²) in [6, 6.07) is 18.5. The molecule has 1 aliphatic carbocycles. The van der Waals surface area contributed by atoms with Crippen molar-refractivity contribution in [2.75, 3.05) is 19.8 Å². The largest absolute Gasteiger partial charge is 0.493 e. The molecule has 0 radical (unpaired) electrons. The second-order valence-electron chi connectivity index (χ2n) is 12.9. The first kappa shape index (κ1) is 27.5. The quantitative estimate of drug-likeness (QED) is 0.326. The van der Waals surface area contributed by atoms with Gasteiger partial charge in [0.2, 0.25) is 0 Å². The molecule has 3 atom stereocenters. The van der Waals surface area contributed by atoms with Crippen LogP contribution in [0.15, 0.2) is 60.7 Å². The Morgan fingerprint density at radius 2 is 1.19 bits per heavy atom. The highest BCUT2D eigenvalue weighted by Gasteiger charge is 2.52. The predicted octanol–water partition coefficient (Wildman–Crippen LogP) is 8.36. The van der Waals surface area contributed by atoms with E-state index in [2.05, 4.69) is 121 Å². The lowest BCUT2D eigenvalue weighted by atomic mass is 9.65. The third-order valence-corrected chi connectivity index (χ3v) is 7.28. The summed E-state index contributed by atoms with van der Waals surface area (Å²) in [7, 11) is 0. The van der Waals surface area contributed by atoms with E-state index >= 15 is 0 Å². The maximum atomic E-state index is 5.96. The number of ether oxygens (including phenoxy) is 2. The van der Waals surface area contributed by atoms with Crippen LogP contribution in [0.25, 0.3) is 11.1 Å². The van der Waals surface area contributed by atoms with Gasteiger partial charge in [0, 0.05) is 24.5 Å². The van der Waals surface area contributed by atoms with Crippen LogP contribution in [-0.4, -0.2) is 36.7 Å². The average molecular weight is 502 g/mol. The van der Waals surface area contributed by atoms with E-state index in [0.717, 1.165) is 37.7 Å². The van der Waals surface area contributed by atoms with Crippen molar-refractivity contribution in [1.82, 2.24) is 4.90 Å². The molecular formula is C34H47NO2. The van der Waals surface area contributed by atoms with Crippen LogP contribution in [0.3, 0.4) is 0 Å². The average Bonchev–Trinajstić information content (AvgIpc) is 2.85. The Bertz CT molecular complexity index is 1090. The van der Waals surface area contributed by atoms with Crippen molar-refractivity contribution >= 4 is 11.1 Å². The van der Waals surface area contributed by atoms with Crippen LogP contribution in [0.2, 0.25) is 0 Å². The fourth-order valence-corrected chi connectivity index (χ4v) is 5.69. The topological polar surface area (TPSA) is 21.7 Å². The number of likely N-dealkylation sites (tertiary alicyclic amines) is 1. The van der Waals surface area contributed by atoms with Crippen molar-refractivity contribution in [1.29, 1.82) is 0 Å². The monoisotopic (exact) mass is 501 g/mol. The van der Waals surface area contributed by atoms with Gasteiger partial charge in [0.1, 0.15) is 11.5 Å². The van der Waals surface area contributed by atoms with Crippen molar-refractivity contribution in [3.63, 3.8) is 0 Å². The van der Waals surface area contributed by atoms with Gasteiger partial charge in [0.05, 0.1) is 13.2 Å². The lowest BCUT2D eigenvalue weighted by molar-refractivity contribution is -0.0216. The van der Waals surface area contributed by atoms with Crippen LogP contribution in [0.1, 0.15) is 72.9 Å². The Morgan fingerprint density at radius 1 is 0.730 bits per heavy atom. The highest BCUT2D eigenvalue weighted by Crippen LogP contribution is 2.52. The molecule has 1 fully saturated rings. The molecule has 0 aromatic heterocycles. The van der Waals surface area contributed by atoms with E-state index in [1.807, 2.05) is 0 Å². The molecule has 2 aromatic rings. The Hall–Kier alpha value is -2.52. The van der Waals surface area contributed by atoms with Crippen molar-refractivity contribution in [3.05, 3.63) is 71.8 Å². The number of hydrogen-bond acceptors (Lipinski definition) is 3. The van der Waals surface area contributed by atoms with E-state index in [1.54, 1.807) is 0 Å². The molecule has 3 unspecified atom stereocenters. The second-order valence-corrected chi connectivity index (χ2v) is 12.9. The smallest absolute Gasteiger partial charge is 0.119 e. The normalized spacial score (nSPS) is 21.8. The van der Waals surface area contributed by atoms with Gasteiger partial charge in [-0.3, -0.25) is 4.90 Å². The first-order chi connectivity index (χ1) is 17.6. The highest BCUT2D eigenvalue weighted by atomic mass is 16.5. The molecule has 0 saturated carbocycles. The SMILES string of the molecule is CCC1C2C(c3ccc(OCC(C)C)cc3)=CC=C(c3ccc(OCC(C)C)cc3)C2N1CC(C)(C)C. The molecule has 37 heavy (non-hydrogen) atoms. The standard InChI is InChI=1S/C34H47NO2/c1-9-31-32-29(25-10-14-27(15-11-25)36-20-23(2)3)18-19-30(33(32)35(31)22-34(6,7)8)26-12-16-28(17-13-26)37-21-24(4)5/h10-19,23-24,31-33H,9,20-22H2,1-8H3. The Balaban J connectivity index is 1.65. The van der Waals surface area contributed by atoms with E-state index < -0.39 is 0 Å². The molecule has 0 spiro atoms. The molecule has 4 rings (SSSR count). The van der Waals surface area contributed by atoms with E-state index in [-0.39, 0.29) is 5.41 Å². The fraction of sp³-hybridized carbons (Fsp3) is 0.529. The van der Waals surface area contributed by atoms with Gasteiger partial charge in [-0.25, -0.2) is 0 Å². The van der Waals surface area contributed by atoms with Crippen molar-refractivity contribution in [2.45, 2.75) is 73.9 Å². The fourth-order valence-electron chi connectivity index (χ4n) is 5.69. The Labute approximate surface area is 225 Å². The number of hydrogen-bond donors (Lipinski definition) is 0. The minimum Gasteiger partial charge on any atom is -0.493 e. The van der Waals surface area contributed by atoms with Crippen LogP contribution in [0, 0.1) is 23.2 Å². The molecule has 0 bridgehead atoms. The first-order valence-electron chi connectivity index (χ1n) is 14.2. The van der Waals surface area contributed by atoms with Crippen molar-refractivity contribution < 1.29 is 9.47 Å². The summed E-state index contributed by atoms with van der Waals surface area (Å²) in [5, 5.41) is 0. The van der Waals surface area contributed by atoms with Crippen molar-refractivity contribution in [3.8, 4) is 11.5 Å². The summed E-state index contributed by atoms with van der Waals surface area (Å²) in [6.07, 6.45) is 5.89. The molecule has 2 aliphatic rings. The molecule has 0 N–H and O–H groups in total. The second kappa shape index (κ2) is 11.5. The molecule has 2 aromatic carbocycles. The van der Waals surface area contributed by atoms with Crippen LogP contribution < -0.4 is 9.47 Å². The summed E-state index contributed by atoms with van der Waals surface area (Å²) >= 11 is 0. The van der Waals surface area contributed by atoms with Crippen LogP contribution in [0.4, 0.5) is 0 Å². The summed E-state index contributed by atoms with van der Waals surface area (Å²) in [6.45, 7) is 20.7. The molecule has 1 heterocycles. The molecule has 200 valence electrons. The van der Waals surface area contributed by atoms with Gasteiger partial charge in [-0.2, -0.15) is 0 Å². The maximum Gasteiger partial charge on any atom is 0.119 e. The summed E-state index contributed by atoms with van der Waals surface area (Å²) in [5.41, 5.74) is 5.74. The van der Waals surface area contributed by atoms with Gasteiger partial charge < -0.3 is 9.47 Å². The number of fused-ring (bicyclic) bond motifs is 1.